The quantitative estimate of drug-likeness (QED) is 0.792. The molecule has 0 bridgehead atoms. The molecule has 6 nitrogen and oxygen atoms in total. The highest BCUT2D eigenvalue weighted by Gasteiger charge is 2.46. The Hall–Kier alpha value is -3.33. The van der Waals surface area contributed by atoms with Gasteiger partial charge >= 0.3 is 6.18 Å². The summed E-state index contributed by atoms with van der Waals surface area (Å²) >= 11 is 0. The van der Waals surface area contributed by atoms with Crippen LogP contribution in [-0.2, 0) is 4.74 Å². The largest absolute Gasteiger partial charge is 0.411 e. The molecule has 3 heterocycles. The van der Waals surface area contributed by atoms with Crippen molar-refractivity contribution in [3.63, 3.8) is 0 Å². The molecule has 156 valence electrons. The maximum absolute atomic E-state index is 13.5. The average molecular weight is 415 g/mol. The van der Waals surface area contributed by atoms with Gasteiger partial charge in [-0.3, -0.25) is 0 Å². The molecule has 1 fully saturated rings. The molecule has 9 heteroatoms. The van der Waals surface area contributed by atoms with Crippen molar-refractivity contribution in [1.29, 1.82) is 0 Å². The highest BCUT2D eigenvalue weighted by Crippen LogP contribution is 2.31. The van der Waals surface area contributed by atoms with Crippen molar-refractivity contribution in [3.8, 4) is 0 Å². The highest BCUT2D eigenvalue weighted by atomic mass is 19.4. The number of aromatic nitrogens is 2. The third-order valence-electron chi connectivity index (χ3n) is 4.71. The topological polar surface area (TPSA) is 62.3 Å². The minimum atomic E-state index is -4.41. The molecule has 0 radical (unpaired) electrons. The Kier molecular flexibility index (Phi) is 5.45. The first-order chi connectivity index (χ1) is 14.4. The lowest BCUT2D eigenvalue weighted by Crippen LogP contribution is -2.54. The van der Waals surface area contributed by atoms with E-state index in [-0.39, 0.29) is 13.2 Å². The molecule has 0 saturated carbocycles. The second kappa shape index (κ2) is 8.19. The van der Waals surface area contributed by atoms with Gasteiger partial charge in [-0.2, -0.15) is 13.2 Å². The predicted molar refractivity (Wildman–Crippen MR) is 107 cm³/mol. The van der Waals surface area contributed by atoms with Gasteiger partial charge in [0.1, 0.15) is 11.9 Å². The number of alkyl halides is 3. The number of benzene rings is 1. The molecule has 1 aromatic carbocycles. The molecular weight excluding hydrogens is 395 g/mol. The zero-order valence-corrected chi connectivity index (χ0v) is 16.0. The lowest BCUT2D eigenvalue weighted by molar-refractivity contribution is -0.206. The van der Waals surface area contributed by atoms with Crippen molar-refractivity contribution >= 4 is 17.2 Å². The normalized spacial score (nSPS) is 19.6. The van der Waals surface area contributed by atoms with E-state index in [0.717, 1.165) is 5.69 Å². The highest BCUT2D eigenvalue weighted by molar-refractivity contribution is 5.76. The van der Waals surface area contributed by atoms with Gasteiger partial charge in [-0.1, -0.05) is 24.8 Å². The number of nitrogens with zero attached hydrogens (tertiary/aromatic N) is 3. The molecule has 2 aliphatic heterocycles. The van der Waals surface area contributed by atoms with Gasteiger partial charge in [0.25, 0.3) is 0 Å². The molecule has 1 aromatic heterocycles. The Balaban J connectivity index is 1.62. The number of hydrogen-bond acceptors (Lipinski definition) is 6. The van der Waals surface area contributed by atoms with Crippen LogP contribution >= 0.6 is 0 Å². The third-order valence-corrected chi connectivity index (χ3v) is 4.71. The second-order valence-electron chi connectivity index (χ2n) is 6.86. The molecule has 2 N–H and O–H groups in total. The number of rotatable bonds is 4. The second-order valence-corrected chi connectivity index (χ2v) is 6.86. The minimum absolute atomic E-state index is 0.119. The van der Waals surface area contributed by atoms with Gasteiger partial charge in [-0.15, -0.1) is 0 Å². The van der Waals surface area contributed by atoms with Crippen molar-refractivity contribution in [2.24, 2.45) is 0 Å². The zero-order chi connectivity index (χ0) is 21.1. The summed E-state index contributed by atoms with van der Waals surface area (Å²) < 4.78 is 45.5. The molecule has 0 spiro atoms. The Bertz CT molecular complexity index is 988. The fraction of sp³-hybridized carbons (Fsp3) is 0.238. The Morgan fingerprint density at radius 3 is 2.73 bits per heavy atom. The molecule has 1 unspecified atom stereocenters. The lowest BCUT2D eigenvalue weighted by atomic mass is 10.1. The van der Waals surface area contributed by atoms with Crippen molar-refractivity contribution in [2.45, 2.75) is 12.2 Å². The molecule has 30 heavy (non-hydrogen) atoms. The van der Waals surface area contributed by atoms with E-state index < -0.39 is 18.8 Å². The van der Waals surface area contributed by atoms with Crippen LogP contribution in [0.25, 0.3) is 5.57 Å². The Labute approximate surface area is 171 Å². The van der Waals surface area contributed by atoms with Gasteiger partial charge in [-0.05, 0) is 30.4 Å². The van der Waals surface area contributed by atoms with Crippen molar-refractivity contribution in [3.05, 3.63) is 78.5 Å². The van der Waals surface area contributed by atoms with E-state index >= 15 is 0 Å². The summed E-state index contributed by atoms with van der Waals surface area (Å²) in [5.74, 6) is 0.706. The summed E-state index contributed by atoms with van der Waals surface area (Å²) in [5.41, 5.74) is 2.52. The van der Waals surface area contributed by atoms with Crippen LogP contribution in [0.4, 0.5) is 24.8 Å². The first kappa shape index (κ1) is 20.0. The first-order valence-electron chi connectivity index (χ1n) is 9.36. The van der Waals surface area contributed by atoms with Crippen molar-refractivity contribution < 1.29 is 17.9 Å². The van der Waals surface area contributed by atoms with E-state index in [1.54, 1.807) is 24.4 Å². The number of halogens is 3. The fourth-order valence-electron chi connectivity index (χ4n) is 3.31. The summed E-state index contributed by atoms with van der Waals surface area (Å²) in [6.07, 6.45) is 0.571. The van der Waals surface area contributed by atoms with Crippen LogP contribution in [0.15, 0.2) is 72.8 Å². The predicted octanol–water partition coefficient (Wildman–Crippen LogP) is 3.83. The molecule has 0 aliphatic carbocycles. The monoisotopic (exact) mass is 415 g/mol. The van der Waals surface area contributed by atoms with E-state index in [2.05, 4.69) is 27.2 Å². The number of dihydropyridines is 1. The van der Waals surface area contributed by atoms with E-state index in [1.807, 2.05) is 30.3 Å². The Morgan fingerprint density at radius 2 is 1.97 bits per heavy atom. The van der Waals surface area contributed by atoms with Crippen molar-refractivity contribution in [1.82, 2.24) is 20.2 Å². The van der Waals surface area contributed by atoms with E-state index in [1.165, 1.54) is 4.90 Å². The van der Waals surface area contributed by atoms with Crippen LogP contribution in [0.3, 0.4) is 0 Å². The van der Waals surface area contributed by atoms with E-state index in [9.17, 15) is 13.2 Å². The molecule has 0 amide bonds. The summed E-state index contributed by atoms with van der Waals surface area (Å²) in [7, 11) is 0. The van der Waals surface area contributed by atoms with Crippen LogP contribution in [0.5, 0.6) is 0 Å². The van der Waals surface area contributed by atoms with Crippen LogP contribution in [0.1, 0.15) is 5.69 Å². The Morgan fingerprint density at radius 1 is 1.17 bits per heavy atom. The minimum Gasteiger partial charge on any atom is -0.377 e. The third kappa shape index (κ3) is 4.46. The van der Waals surface area contributed by atoms with Crippen LogP contribution < -0.4 is 10.6 Å². The van der Waals surface area contributed by atoms with E-state index in [0.29, 0.717) is 28.7 Å². The molecular formula is C21H20F3N5O. The van der Waals surface area contributed by atoms with Crippen molar-refractivity contribution in [2.75, 3.05) is 25.1 Å². The average Bonchev–Trinajstić information content (AvgIpc) is 2.74. The standard InChI is InChI=1S/C21H20F3N5O/c1-14-11-15(12-19(26-14)29-9-10-30-13-18(29)21(22,23)24)17-7-8-25-20(28-17)27-16-5-3-2-4-6-16/h2-8,11-12,18,26H,1,9-10,13H2,(H,25,27,28). The SMILES string of the molecule is C=C1C=C(c2ccnc(Nc3ccccc3)n2)C=C(N2CCOCC2C(F)(F)F)N1. The maximum Gasteiger partial charge on any atom is 0.411 e. The molecule has 4 rings (SSSR count). The van der Waals surface area contributed by atoms with Crippen LogP contribution in [0.2, 0.25) is 0 Å². The number of para-hydroxylation sites is 1. The van der Waals surface area contributed by atoms with Gasteiger partial charge in [0, 0.05) is 29.7 Å². The fourth-order valence-corrected chi connectivity index (χ4v) is 3.31. The van der Waals surface area contributed by atoms with E-state index in [4.69, 9.17) is 4.74 Å². The number of allylic oxidation sites excluding steroid dienone is 3. The summed E-state index contributed by atoms with van der Waals surface area (Å²) in [5, 5.41) is 6.06. The summed E-state index contributed by atoms with van der Waals surface area (Å²) in [6.45, 7) is 3.81. The number of nitrogens with one attached hydrogen (secondary N) is 2. The number of morpholine rings is 1. The van der Waals surface area contributed by atoms with Gasteiger partial charge in [0.15, 0.2) is 0 Å². The molecule has 2 aliphatic rings. The smallest absolute Gasteiger partial charge is 0.377 e. The first-order valence-corrected chi connectivity index (χ1v) is 9.36. The van der Waals surface area contributed by atoms with Crippen LogP contribution in [-0.4, -0.2) is 46.8 Å². The molecule has 2 aromatic rings. The lowest BCUT2D eigenvalue weighted by Gasteiger charge is -2.40. The zero-order valence-electron chi connectivity index (χ0n) is 16.0. The number of hydrogen-bond donors (Lipinski definition) is 2. The number of ether oxygens (including phenoxy) is 1. The van der Waals surface area contributed by atoms with Gasteiger partial charge in [0.2, 0.25) is 5.95 Å². The van der Waals surface area contributed by atoms with Gasteiger partial charge in [-0.25, -0.2) is 9.97 Å². The molecule has 1 saturated heterocycles. The van der Waals surface area contributed by atoms with Gasteiger partial charge < -0.3 is 20.3 Å². The molecule has 1 atom stereocenters. The summed E-state index contributed by atoms with van der Waals surface area (Å²) in [4.78, 5) is 9.99. The van der Waals surface area contributed by atoms with Crippen LogP contribution in [0, 0.1) is 0 Å². The van der Waals surface area contributed by atoms with Gasteiger partial charge in [0.05, 0.1) is 18.9 Å². The number of anilines is 2. The summed E-state index contributed by atoms with van der Waals surface area (Å²) in [6, 6.07) is 9.43. The maximum atomic E-state index is 13.5.